The zero-order valence-corrected chi connectivity index (χ0v) is 13.5. The van der Waals surface area contributed by atoms with Crippen molar-refractivity contribution in [3.63, 3.8) is 0 Å². The highest BCUT2D eigenvalue weighted by Gasteiger charge is 2.29. The number of nitrogens with zero attached hydrogens (tertiary/aromatic N) is 2. The first-order valence-electron chi connectivity index (χ1n) is 7.96. The van der Waals surface area contributed by atoms with Crippen molar-refractivity contribution in [2.45, 2.75) is 39.4 Å². The number of carbonyl (C=O) groups is 2. The minimum Gasteiger partial charge on any atom is -0.383 e. The molecule has 1 saturated heterocycles. The topological polar surface area (TPSA) is 97.6 Å². The van der Waals surface area contributed by atoms with Gasteiger partial charge < -0.3 is 20.7 Å². The van der Waals surface area contributed by atoms with Crippen LogP contribution in [0.3, 0.4) is 0 Å². The van der Waals surface area contributed by atoms with Crippen LogP contribution in [0.5, 0.6) is 0 Å². The van der Waals surface area contributed by atoms with Crippen molar-refractivity contribution in [1.82, 2.24) is 9.88 Å². The number of hydrogen-bond donors (Lipinski definition) is 2. The molecule has 0 bridgehead atoms. The summed E-state index contributed by atoms with van der Waals surface area (Å²) in [5, 5.41) is 2.67. The van der Waals surface area contributed by atoms with E-state index in [1.165, 1.54) is 6.20 Å². The Morgan fingerprint density at radius 1 is 1.43 bits per heavy atom. The van der Waals surface area contributed by atoms with Crippen molar-refractivity contribution in [3.8, 4) is 0 Å². The summed E-state index contributed by atoms with van der Waals surface area (Å²) in [5.74, 6) is -0.294. The van der Waals surface area contributed by atoms with Crippen LogP contribution in [-0.4, -0.2) is 34.8 Å². The Kier molecular flexibility index (Phi) is 4.21. The number of nitrogens with two attached hydrogens (primary N) is 1. The Hall–Kier alpha value is -2.15. The first kappa shape index (κ1) is 15.7. The third-order valence-corrected chi connectivity index (χ3v) is 4.53. The lowest BCUT2D eigenvalue weighted by molar-refractivity contribution is -0.144. The average molecular weight is 318 g/mol. The number of fused-ring (bicyclic) bond motifs is 1. The van der Waals surface area contributed by atoms with Gasteiger partial charge in [-0.1, -0.05) is 6.92 Å². The van der Waals surface area contributed by atoms with Crippen LogP contribution in [0, 0.1) is 5.92 Å². The van der Waals surface area contributed by atoms with Crippen LogP contribution in [0.15, 0.2) is 6.20 Å². The first-order valence-corrected chi connectivity index (χ1v) is 7.96. The molecule has 3 heterocycles. The molecule has 1 aromatic heterocycles. The maximum absolute atomic E-state index is 12.3. The van der Waals surface area contributed by atoms with E-state index in [0.29, 0.717) is 37.1 Å². The molecule has 0 radical (unpaired) electrons. The molecule has 23 heavy (non-hydrogen) atoms. The summed E-state index contributed by atoms with van der Waals surface area (Å²) < 4.78 is 5.55. The van der Waals surface area contributed by atoms with Crippen LogP contribution < -0.4 is 11.1 Å². The van der Waals surface area contributed by atoms with Gasteiger partial charge in [-0.25, -0.2) is 4.98 Å². The molecule has 124 valence electrons. The first-order chi connectivity index (χ1) is 11.0. The van der Waals surface area contributed by atoms with E-state index in [9.17, 15) is 9.59 Å². The number of nitrogens with one attached hydrogen (secondary N) is 1. The highest BCUT2D eigenvalue weighted by molar-refractivity contribution is 6.39. The number of ether oxygens (including phenoxy) is 1. The molecule has 2 aliphatic rings. The lowest BCUT2D eigenvalue weighted by atomic mass is 10.0. The van der Waals surface area contributed by atoms with E-state index in [2.05, 4.69) is 17.2 Å². The minimum absolute atomic E-state index is 0.159. The van der Waals surface area contributed by atoms with Gasteiger partial charge in [0.25, 0.3) is 0 Å². The summed E-state index contributed by atoms with van der Waals surface area (Å²) in [4.78, 5) is 30.3. The van der Waals surface area contributed by atoms with Crippen LogP contribution in [0.25, 0.3) is 0 Å². The summed E-state index contributed by atoms with van der Waals surface area (Å²) in [6.45, 7) is 5.59. The molecular weight excluding hydrogens is 296 g/mol. The number of carbonyl (C=O) groups excluding carboxylic acids is 2. The fourth-order valence-electron chi connectivity index (χ4n) is 3.28. The van der Waals surface area contributed by atoms with Crippen molar-refractivity contribution in [3.05, 3.63) is 17.3 Å². The average Bonchev–Trinajstić information content (AvgIpc) is 2.92. The van der Waals surface area contributed by atoms with E-state index in [1.54, 1.807) is 4.90 Å². The van der Waals surface area contributed by atoms with Gasteiger partial charge in [0.1, 0.15) is 5.82 Å². The predicted molar refractivity (Wildman–Crippen MR) is 85.5 cm³/mol. The molecule has 2 aliphatic heterocycles. The van der Waals surface area contributed by atoms with Crippen LogP contribution in [0.2, 0.25) is 0 Å². The minimum atomic E-state index is -0.632. The second kappa shape index (κ2) is 6.16. The number of hydrogen-bond acceptors (Lipinski definition) is 5. The smallest absolute Gasteiger partial charge is 0.313 e. The molecule has 1 fully saturated rings. The third kappa shape index (κ3) is 3.01. The molecule has 7 heteroatoms. The zero-order valence-electron chi connectivity index (χ0n) is 13.5. The van der Waals surface area contributed by atoms with Crippen LogP contribution in [0.1, 0.15) is 43.9 Å². The van der Waals surface area contributed by atoms with E-state index in [4.69, 9.17) is 10.5 Å². The van der Waals surface area contributed by atoms with Gasteiger partial charge in [-0.2, -0.15) is 0 Å². The van der Waals surface area contributed by atoms with Gasteiger partial charge in [-0.15, -0.1) is 0 Å². The van der Waals surface area contributed by atoms with Gasteiger partial charge >= 0.3 is 11.8 Å². The normalized spacial score (nSPS) is 23.5. The number of nitrogen functional groups attached to an aromatic ring is 1. The standard InChI is InChI=1S/C16H22N4O3/c1-9-4-3-5-20(7-9)16(22)15(21)19-12-6-18-14(17)13-10(2)23-8-11(12)13/h6,9-10H,3-5,7-8H2,1-2H3,(H2,17,18)(H,19,21)/t9?,10-/m0/s1. The van der Waals surface area contributed by atoms with Gasteiger partial charge in [0.15, 0.2) is 0 Å². The summed E-state index contributed by atoms with van der Waals surface area (Å²) in [5.41, 5.74) is 7.97. The maximum Gasteiger partial charge on any atom is 0.313 e. The second-order valence-electron chi connectivity index (χ2n) is 6.36. The van der Waals surface area contributed by atoms with Gasteiger partial charge in [-0.05, 0) is 25.7 Å². The SMILES string of the molecule is CC1CCCN(C(=O)C(=O)Nc2cnc(N)c3c2CO[C@H]3C)C1. The summed E-state index contributed by atoms with van der Waals surface area (Å²) >= 11 is 0. The van der Waals surface area contributed by atoms with E-state index in [0.717, 1.165) is 24.0 Å². The molecule has 0 saturated carbocycles. The number of aromatic nitrogens is 1. The molecule has 3 rings (SSSR count). The molecule has 1 aromatic rings. The fourth-order valence-corrected chi connectivity index (χ4v) is 3.28. The monoisotopic (exact) mass is 318 g/mol. The van der Waals surface area contributed by atoms with E-state index >= 15 is 0 Å². The van der Waals surface area contributed by atoms with Crippen molar-refractivity contribution in [2.24, 2.45) is 5.92 Å². The van der Waals surface area contributed by atoms with Gasteiger partial charge in [-0.3, -0.25) is 9.59 Å². The van der Waals surface area contributed by atoms with E-state index in [1.807, 2.05) is 6.92 Å². The number of amides is 2. The molecule has 1 unspecified atom stereocenters. The number of piperidine rings is 1. The Bertz CT molecular complexity index is 646. The van der Waals surface area contributed by atoms with Gasteiger partial charge in [0.05, 0.1) is 24.6 Å². The highest BCUT2D eigenvalue weighted by atomic mass is 16.5. The Morgan fingerprint density at radius 3 is 2.96 bits per heavy atom. The number of rotatable bonds is 1. The molecular formula is C16H22N4O3. The molecule has 2 atom stereocenters. The zero-order chi connectivity index (χ0) is 16.6. The van der Waals surface area contributed by atoms with E-state index in [-0.39, 0.29) is 6.10 Å². The largest absolute Gasteiger partial charge is 0.383 e. The number of likely N-dealkylation sites (tertiary alicyclic amines) is 1. The Balaban J connectivity index is 1.75. The number of pyridine rings is 1. The summed E-state index contributed by atoms with van der Waals surface area (Å²) in [7, 11) is 0. The summed E-state index contributed by atoms with van der Waals surface area (Å²) in [6, 6.07) is 0. The lowest BCUT2D eigenvalue weighted by Crippen LogP contribution is -2.44. The Morgan fingerprint density at radius 2 is 2.22 bits per heavy atom. The summed E-state index contributed by atoms with van der Waals surface area (Å²) in [6.07, 6.45) is 3.35. The fraction of sp³-hybridized carbons (Fsp3) is 0.562. The molecule has 2 amide bonds. The van der Waals surface area contributed by atoms with Gasteiger partial charge in [0.2, 0.25) is 0 Å². The van der Waals surface area contributed by atoms with Crippen molar-refractivity contribution in [1.29, 1.82) is 0 Å². The van der Waals surface area contributed by atoms with Crippen LogP contribution in [-0.2, 0) is 20.9 Å². The van der Waals surface area contributed by atoms with Crippen molar-refractivity contribution in [2.75, 3.05) is 24.1 Å². The highest BCUT2D eigenvalue weighted by Crippen LogP contribution is 2.37. The molecule has 3 N–H and O–H groups in total. The maximum atomic E-state index is 12.3. The Labute approximate surface area is 135 Å². The molecule has 0 spiro atoms. The number of anilines is 2. The molecule has 0 aromatic carbocycles. The molecule has 0 aliphatic carbocycles. The third-order valence-electron chi connectivity index (χ3n) is 4.53. The van der Waals surface area contributed by atoms with Crippen molar-refractivity contribution < 1.29 is 14.3 Å². The van der Waals surface area contributed by atoms with Crippen LogP contribution >= 0.6 is 0 Å². The van der Waals surface area contributed by atoms with Crippen LogP contribution in [0.4, 0.5) is 11.5 Å². The predicted octanol–water partition coefficient (Wildman–Crippen LogP) is 1.45. The molecule has 7 nitrogen and oxygen atoms in total. The van der Waals surface area contributed by atoms with E-state index < -0.39 is 11.8 Å². The lowest BCUT2D eigenvalue weighted by Gasteiger charge is -2.30. The van der Waals surface area contributed by atoms with Gasteiger partial charge in [0, 0.05) is 24.2 Å². The quantitative estimate of drug-likeness (QED) is 0.764. The second-order valence-corrected chi connectivity index (χ2v) is 6.36. The van der Waals surface area contributed by atoms with Crippen molar-refractivity contribution >= 4 is 23.3 Å².